The summed E-state index contributed by atoms with van der Waals surface area (Å²) in [5, 5.41) is 11.6. The van der Waals surface area contributed by atoms with Crippen molar-refractivity contribution in [3.8, 4) is 0 Å². The van der Waals surface area contributed by atoms with E-state index < -0.39 is 5.97 Å². The number of urea groups is 1. The molecule has 0 aromatic heterocycles. The number of carboxylic acids is 1. The highest BCUT2D eigenvalue weighted by atomic mass is 16.4. The zero-order chi connectivity index (χ0) is 13.7. The van der Waals surface area contributed by atoms with Crippen LogP contribution in [0.15, 0.2) is 11.6 Å². The number of allylic oxidation sites excluding steroid dienone is 1. The molecule has 2 N–H and O–H groups in total. The van der Waals surface area contributed by atoms with Crippen molar-refractivity contribution in [2.45, 2.75) is 51.0 Å². The smallest absolute Gasteiger partial charge is 0.323 e. The van der Waals surface area contributed by atoms with Crippen molar-refractivity contribution in [3.63, 3.8) is 0 Å². The molecule has 2 rings (SSSR count). The maximum Gasteiger partial charge on any atom is 0.323 e. The largest absolute Gasteiger partial charge is 0.480 e. The summed E-state index contributed by atoms with van der Waals surface area (Å²) in [6.45, 7) is 0.409. The number of hydrogen-bond donors (Lipinski definition) is 2. The van der Waals surface area contributed by atoms with E-state index in [4.69, 9.17) is 5.11 Å². The van der Waals surface area contributed by atoms with Crippen LogP contribution in [0.4, 0.5) is 4.79 Å². The van der Waals surface area contributed by atoms with Crippen LogP contribution < -0.4 is 5.32 Å². The molecule has 1 fully saturated rings. The molecule has 19 heavy (non-hydrogen) atoms. The third-order valence-electron chi connectivity index (χ3n) is 3.66. The van der Waals surface area contributed by atoms with Gasteiger partial charge < -0.3 is 15.3 Å². The van der Waals surface area contributed by atoms with Crippen molar-refractivity contribution in [3.05, 3.63) is 11.6 Å². The Morgan fingerprint density at radius 3 is 2.74 bits per heavy atom. The van der Waals surface area contributed by atoms with Gasteiger partial charge in [-0.15, -0.1) is 0 Å². The molecule has 1 saturated carbocycles. The van der Waals surface area contributed by atoms with Crippen molar-refractivity contribution in [2.75, 3.05) is 13.1 Å². The highest BCUT2D eigenvalue weighted by Gasteiger charge is 2.33. The summed E-state index contributed by atoms with van der Waals surface area (Å²) in [5.74, 6) is -0.947. The fraction of sp³-hybridized carbons (Fsp3) is 0.714. The van der Waals surface area contributed by atoms with Crippen LogP contribution in [0.5, 0.6) is 0 Å². The van der Waals surface area contributed by atoms with Gasteiger partial charge in [0.1, 0.15) is 6.54 Å². The quantitative estimate of drug-likeness (QED) is 0.724. The van der Waals surface area contributed by atoms with Gasteiger partial charge in [-0.2, -0.15) is 0 Å². The van der Waals surface area contributed by atoms with E-state index in [0.717, 1.165) is 32.1 Å². The van der Waals surface area contributed by atoms with Crippen LogP contribution in [0.2, 0.25) is 0 Å². The fourth-order valence-electron chi connectivity index (χ4n) is 2.46. The fourth-order valence-corrected chi connectivity index (χ4v) is 2.46. The van der Waals surface area contributed by atoms with Crippen LogP contribution in [0, 0.1) is 0 Å². The van der Waals surface area contributed by atoms with Crippen molar-refractivity contribution in [2.24, 2.45) is 0 Å². The minimum Gasteiger partial charge on any atom is -0.480 e. The number of carbonyl (C=O) groups excluding carboxylic acids is 1. The van der Waals surface area contributed by atoms with Gasteiger partial charge in [-0.05, 0) is 44.9 Å². The average molecular weight is 266 g/mol. The molecule has 0 spiro atoms. The normalized spacial score (nSPS) is 18.6. The van der Waals surface area contributed by atoms with Crippen LogP contribution in [-0.2, 0) is 4.79 Å². The third kappa shape index (κ3) is 4.58. The van der Waals surface area contributed by atoms with Gasteiger partial charge in [-0.1, -0.05) is 11.6 Å². The Balaban J connectivity index is 1.72. The first-order chi connectivity index (χ1) is 9.16. The van der Waals surface area contributed by atoms with E-state index in [1.165, 1.54) is 23.3 Å². The Labute approximate surface area is 113 Å². The predicted octanol–water partition coefficient (Wildman–Crippen LogP) is 2.14. The van der Waals surface area contributed by atoms with Crippen molar-refractivity contribution in [1.29, 1.82) is 0 Å². The van der Waals surface area contributed by atoms with Gasteiger partial charge in [0.25, 0.3) is 0 Å². The summed E-state index contributed by atoms with van der Waals surface area (Å²) in [4.78, 5) is 24.1. The van der Waals surface area contributed by atoms with E-state index in [9.17, 15) is 9.59 Å². The number of aliphatic carboxylic acids is 1. The molecular formula is C14H22N2O3. The number of hydrogen-bond acceptors (Lipinski definition) is 2. The lowest BCUT2D eigenvalue weighted by Crippen LogP contribution is -2.44. The Morgan fingerprint density at radius 2 is 2.16 bits per heavy atom. The molecule has 0 heterocycles. The van der Waals surface area contributed by atoms with Crippen molar-refractivity contribution < 1.29 is 14.7 Å². The Kier molecular flexibility index (Phi) is 4.82. The number of carbonyl (C=O) groups is 2. The SMILES string of the molecule is O=C(O)CN(C(=O)NCCC1=CCCCC1)C1CC1. The summed E-state index contributed by atoms with van der Waals surface area (Å²) in [6, 6.07) is -0.105. The molecule has 106 valence electrons. The maximum absolute atomic E-state index is 11.9. The first-order valence-electron chi connectivity index (χ1n) is 7.11. The number of carboxylic acid groups (broad SMARTS) is 1. The second kappa shape index (κ2) is 6.59. The first-order valence-corrected chi connectivity index (χ1v) is 7.11. The minimum atomic E-state index is -0.947. The molecule has 0 bridgehead atoms. The van der Waals surface area contributed by atoms with Gasteiger partial charge >= 0.3 is 12.0 Å². The summed E-state index contributed by atoms with van der Waals surface area (Å²) in [6.07, 6.45) is 9.80. The molecule has 2 aliphatic rings. The Bertz CT molecular complexity index is 375. The van der Waals surface area contributed by atoms with E-state index in [-0.39, 0.29) is 18.6 Å². The zero-order valence-electron chi connectivity index (χ0n) is 11.2. The molecular weight excluding hydrogens is 244 g/mol. The molecule has 0 unspecified atom stereocenters. The van der Waals surface area contributed by atoms with E-state index in [0.29, 0.717) is 6.54 Å². The molecule has 0 aromatic carbocycles. The maximum atomic E-state index is 11.9. The van der Waals surface area contributed by atoms with Gasteiger partial charge in [-0.25, -0.2) is 4.79 Å². The van der Waals surface area contributed by atoms with Gasteiger partial charge in [0, 0.05) is 12.6 Å². The molecule has 0 atom stereocenters. The summed E-state index contributed by atoms with van der Waals surface area (Å²) < 4.78 is 0. The number of amides is 2. The van der Waals surface area contributed by atoms with E-state index in [1.807, 2.05) is 0 Å². The van der Waals surface area contributed by atoms with Crippen LogP contribution in [0.25, 0.3) is 0 Å². The Hall–Kier alpha value is -1.52. The molecule has 5 heteroatoms. The highest BCUT2D eigenvalue weighted by molar-refractivity contribution is 5.80. The van der Waals surface area contributed by atoms with Crippen molar-refractivity contribution >= 4 is 12.0 Å². The lowest BCUT2D eigenvalue weighted by atomic mass is 9.97. The topological polar surface area (TPSA) is 69.6 Å². The van der Waals surface area contributed by atoms with E-state index in [1.54, 1.807) is 0 Å². The molecule has 5 nitrogen and oxygen atoms in total. The molecule has 0 saturated heterocycles. The molecule has 2 aliphatic carbocycles. The van der Waals surface area contributed by atoms with Gasteiger partial charge in [0.05, 0.1) is 0 Å². The second-order valence-electron chi connectivity index (χ2n) is 5.34. The lowest BCUT2D eigenvalue weighted by Gasteiger charge is -2.21. The monoisotopic (exact) mass is 266 g/mol. The predicted molar refractivity (Wildman–Crippen MR) is 71.9 cm³/mol. The molecule has 2 amide bonds. The molecule has 0 aliphatic heterocycles. The second-order valence-corrected chi connectivity index (χ2v) is 5.34. The van der Waals surface area contributed by atoms with Gasteiger partial charge in [0.15, 0.2) is 0 Å². The summed E-state index contributed by atoms with van der Waals surface area (Å²) in [5.41, 5.74) is 1.42. The van der Waals surface area contributed by atoms with E-state index >= 15 is 0 Å². The van der Waals surface area contributed by atoms with E-state index in [2.05, 4.69) is 11.4 Å². The van der Waals surface area contributed by atoms with Crippen LogP contribution in [-0.4, -0.2) is 41.1 Å². The standard InChI is InChI=1S/C14H22N2O3/c17-13(18)10-16(12-6-7-12)14(19)15-9-8-11-4-2-1-3-5-11/h4,12H,1-3,5-10H2,(H,15,19)(H,17,18). The van der Waals surface area contributed by atoms with Crippen molar-refractivity contribution in [1.82, 2.24) is 10.2 Å². The average Bonchev–Trinajstić information content (AvgIpc) is 3.21. The number of rotatable bonds is 6. The van der Waals surface area contributed by atoms with Gasteiger partial charge in [0.2, 0.25) is 0 Å². The summed E-state index contributed by atoms with van der Waals surface area (Å²) >= 11 is 0. The highest BCUT2D eigenvalue weighted by Crippen LogP contribution is 2.26. The van der Waals surface area contributed by atoms with Crippen LogP contribution >= 0.6 is 0 Å². The molecule has 0 radical (unpaired) electrons. The van der Waals surface area contributed by atoms with Gasteiger partial charge in [-0.3, -0.25) is 4.79 Å². The van der Waals surface area contributed by atoms with Crippen LogP contribution in [0.3, 0.4) is 0 Å². The van der Waals surface area contributed by atoms with Crippen LogP contribution in [0.1, 0.15) is 44.9 Å². The number of nitrogens with one attached hydrogen (secondary N) is 1. The first kappa shape index (κ1) is 13.9. The molecule has 0 aromatic rings. The number of nitrogens with zero attached hydrogens (tertiary/aromatic N) is 1. The minimum absolute atomic E-state index is 0.130. The zero-order valence-corrected chi connectivity index (χ0v) is 11.2. The Morgan fingerprint density at radius 1 is 1.37 bits per heavy atom. The third-order valence-corrected chi connectivity index (χ3v) is 3.66. The summed E-state index contributed by atoms with van der Waals surface area (Å²) in [7, 11) is 0. The lowest BCUT2D eigenvalue weighted by molar-refractivity contribution is -0.137.